The summed E-state index contributed by atoms with van der Waals surface area (Å²) in [5.74, 6) is -0.617. The van der Waals surface area contributed by atoms with Crippen LogP contribution in [0.5, 0.6) is 0 Å². The van der Waals surface area contributed by atoms with Crippen LogP contribution in [0.1, 0.15) is 50.4 Å². The number of sulfonamides is 1. The third-order valence-corrected chi connectivity index (χ3v) is 8.58. The molecule has 0 radical (unpaired) electrons. The molecule has 0 unspecified atom stereocenters. The Morgan fingerprint density at radius 1 is 1.09 bits per heavy atom. The predicted molar refractivity (Wildman–Crippen MR) is 138 cm³/mol. The molecule has 1 aliphatic heterocycles. The van der Waals surface area contributed by atoms with E-state index < -0.39 is 21.6 Å². The number of rotatable bonds is 7. The average molecular weight is 498 g/mol. The number of amides is 1. The van der Waals surface area contributed by atoms with Gasteiger partial charge in [-0.2, -0.15) is 4.31 Å². The van der Waals surface area contributed by atoms with Gasteiger partial charge in [-0.05, 0) is 76.1 Å². The van der Waals surface area contributed by atoms with E-state index >= 15 is 0 Å². The maximum absolute atomic E-state index is 13.0. The molecular weight excluding hydrogens is 466 g/mol. The Bertz CT molecular complexity index is 1380. The molecule has 0 saturated carbocycles. The van der Waals surface area contributed by atoms with E-state index in [9.17, 15) is 18.0 Å². The minimum Gasteiger partial charge on any atom is -0.422 e. The summed E-state index contributed by atoms with van der Waals surface area (Å²) >= 11 is 0. The van der Waals surface area contributed by atoms with E-state index in [4.69, 9.17) is 4.42 Å². The quantitative estimate of drug-likeness (QED) is 0.484. The Balaban J connectivity index is 1.53. The summed E-state index contributed by atoms with van der Waals surface area (Å²) in [7, 11) is -3.60. The molecule has 1 atom stereocenters. The smallest absolute Gasteiger partial charge is 0.349 e. The Labute approximate surface area is 205 Å². The van der Waals surface area contributed by atoms with Gasteiger partial charge in [0.05, 0.1) is 4.90 Å². The molecular formula is C26H31N3O5S. The predicted octanol–water partition coefficient (Wildman–Crippen LogP) is 4.45. The number of hydrogen-bond acceptors (Lipinski definition) is 6. The molecule has 4 rings (SSSR count). The molecule has 1 fully saturated rings. The van der Waals surface area contributed by atoms with Gasteiger partial charge in [-0.15, -0.1) is 0 Å². The standard InChI is InChI=1S/C26H31N3O5S/c1-4-28(5-2)21-12-9-19-16-23(26(31)34-24(19)17-21)25(30)27-20-10-13-22(14-11-20)35(32,33)29-15-7-6-8-18(29)3/h9-14,16-18H,4-8,15H2,1-3H3,(H,27,30)/t18-/m0/s1. The van der Waals surface area contributed by atoms with Gasteiger partial charge in [0.25, 0.3) is 5.91 Å². The van der Waals surface area contributed by atoms with E-state index in [0.29, 0.717) is 23.2 Å². The number of benzene rings is 2. The summed E-state index contributed by atoms with van der Waals surface area (Å²) in [6.07, 6.45) is 2.72. The first-order valence-corrected chi connectivity index (χ1v) is 13.4. The minimum absolute atomic E-state index is 0.0386. The van der Waals surface area contributed by atoms with Crippen molar-refractivity contribution >= 4 is 38.3 Å². The fraction of sp³-hybridized carbons (Fsp3) is 0.385. The summed E-state index contributed by atoms with van der Waals surface area (Å²) < 4.78 is 33.0. The SMILES string of the molecule is CCN(CC)c1ccc2cc(C(=O)Nc3ccc(S(=O)(=O)N4CCCC[C@@H]4C)cc3)c(=O)oc2c1. The first-order valence-electron chi connectivity index (χ1n) is 12.0. The zero-order valence-corrected chi connectivity index (χ0v) is 21.1. The highest BCUT2D eigenvalue weighted by molar-refractivity contribution is 7.89. The fourth-order valence-electron chi connectivity index (χ4n) is 4.52. The van der Waals surface area contributed by atoms with Gasteiger partial charge in [0.15, 0.2) is 0 Å². The molecule has 8 nitrogen and oxygen atoms in total. The normalized spacial score (nSPS) is 16.8. The number of carbonyl (C=O) groups excluding carboxylic acids is 1. The maximum Gasteiger partial charge on any atom is 0.349 e. The van der Waals surface area contributed by atoms with Crippen LogP contribution in [-0.2, 0) is 10.0 Å². The van der Waals surface area contributed by atoms with E-state index in [-0.39, 0.29) is 16.5 Å². The van der Waals surface area contributed by atoms with Crippen molar-refractivity contribution in [1.29, 1.82) is 0 Å². The lowest BCUT2D eigenvalue weighted by molar-refractivity contribution is 0.102. The van der Waals surface area contributed by atoms with Crippen LogP contribution >= 0.6 is 0 Å². The molecule has 1 saturated heterocycles. The largest absolute Gasteiger partial charge is 0.422 e. The minimum atomic E-state index is -3.60. The lowest BCUT2D eigenvalue weighted by Gasteiger charge is -2.32. The lowest BCUT2D eigenvalue weighted by atomic mass is 10.1. The number of fused-ring (bicyclic) bond motifs is 1. The molecule has 1 aliphatic rings. The van der Waals surface area contributed by atoms with Gasteiger partial charge >= 0.3 is 5.63 Å². The molecule has 1 N–H and O–H groups in total. The van der Waals surface area contributed by atoms with Gasteiger partial charge in [-0.3, -0.25) is 4.79 Å². The average Bonchev–Trinajstić information content (AvgIpc) is 2.84. The Hall–Kier alpha value is -3.17. The molecule has 0 aliphatic carbocycles. The van der Waals surface area contributed by atoms with E-state index in [0.717, 1.165) is 38.0 Å². The van der Waals surface area contributed by atoms with E-state index in [2.05, 4.69) is 10.2 Å². The molecule has 2 heterocycles. The highest BCUT2D eigenvalue weighted by atomic mass is 32.2. The molecule has 186 valence electrons. The van der Waals surface area contributed by atoms with Crippen LogP contribution in [0.15, 0.2) is 62.6 Å². The van der Waals surface area contributed by atoms with Gasteiger partial charge < -0.3 is 14.6 Å². The zero-order chi connectivity index (χ0) is 25.2. The van der Waals surface area contributed by atoms with Gasteiger partial charge in [-0.25, -0.2) is 13.2 Å². The highest BCUT2D eigenvalue weighted by Gasteiger charge is 2.30. The van der Waals surface area contributed by atoms with Crippen molar-refractivity contribution in [3.8, 4) is 0 Å². The van der Waals surface area contributed by atoms with Crippen molar-refractivity contribution in [3.63, 3.8) is 0 Å². The number of nitrogens with zero attached hydrogens (tertiary/aromatic N) is 2. The van der Waals surface area contributed by atoms with Gasteiger partial charge in [0.2, 0.25) is 10.0 Å². The van der Waals surface area contributed by atoms with Crippen LogP contribution in [0.4, 0.5) is 11.4 Å². The Kier molecular flexibility index (Phi) is 7.28. The van der Waals surface area contributed by atoms with Crippen LogP contribution in [0, 0.1) is 0 Å². The fourth-order valence-corrected chi connectivity index (χ4v) is 6.22. The zero-order valence-electron chi connectivity index (χ0n) is 20.3. The molecule has 3 aromatic rings. The number of nitrogens with one attached hydrogen (secondary N) is 1. The third-order valence-electron chi connectivity index (χ3n) is 6.55. The van der Waals surface area contributed by atoms with Crippen molar-refractivity contribution < 1.29 is 17.6 Å². The second kappa shape index (κ2) is 10.2. The molecule has 2 aromatic carbocycles. The third kappa shape index (κ3) is 5.11. The summed E-state index contributed by atoms with van der Waals surface area (Å²) in [5, 5.41) is 3.30. The first-order chi connectivity index (χ1) is 16.7. The molecule has 9 heteroatoms. The van der Waals surface area contributed by atoms with Crippen molar-refractivity contribution in [2.45, 2.75) is 51.0 Å². The second-order valence-electron chi connectivity index (χ2n) is 8.78. The lowest BCUT2D eigenvalue weighted by Crippen LogP contribution is -2.41. The van der Waals surface area contributed by atoms with Crippen LogP contribution in [-0.4, -0.2) is 44.3 Å². The monoisotopic (exact) mass is 497 g/mol. The van der Waals surface area contributed by atoms with Crippen LogP contribution in [0.2, 0.25) is 0 Å². The topological polar surface area (TPSA) is 99.9 Å². The number of anilines is 2. The Morgan fingerprint density at radius 2 is 1.80 bits per heavy atom. The van der Waals surface area contributed by atoms with Crippen molar-refractivity contribution in [2.75, 3.05) is 29.9 Å². The Morgan fingerprint density at radius 3 is 2.46 bits per heavy atom. The second-order valence-corrected chi connectivity index (χ2v) is 10.7. The van der Waals surface area contributed by atoms with E-state index in [1.54, 1.807) is 6.07 Å². The van der Waals surface area contributed by atoms with Crippen molar-refractivity contribution in [1.82, 2.24) is 4.31 Å². The highest BCUT2D eigenvalue weighted by Crippen LogP contribution is 2.26. The molecule has 0 bridgehead atoms. The molecule has 35 heavy (non-hydrogen) atoms. The number of hydrogen-bond donors (Lipinski definition) is 1. The number of carbonyl (C=O) groups is 1. The van der Waals surface area contributed by atoms with Crippen molar-refractivity contribution in [3.05, 3.63) is 64.5 Å². The van der Waals surface area contributed by atoms with Crippen molar-refractivity contribution in [2.24, 2.45) is 0 Å². The summed E-state index contributed by atoms with van der Waals surface area (Å²) in [5.41, 5.74) is 0.892. The first kappa shape index (κ1) is 24.9. The van der Waals surface area contributed by atoms with Crippen LogP contribution in [0.3, 0.4) is 0 Å². The molecule has 0 spiro atoms. The van der Waals surface area contributed by atoms with Crippen LogP contribution < -0.4 is 15.8 Å². The summed E-state index contributed by atoms with van der Waals surface area (Å²) in [6.45, 7) is 8.18. The maximum atomic E-state index is 13.0. The van der Waals surface area contributed by atoms with E-state index in [1.807, 2.05) is 32.9 Å². The van der Waals surface area contributed by atoms with E-state index in [1.165, 1.54) is 34.6 Å². The number of piperidine rings is 1. The van der Waals surface area contributed by atoms with Gasteiger partial charge in [0, 0.05) is 48.5 Å². The molecule has 1 amide bonds. The van der Waals surface area contributed by atoms with Gasteiger partial charge in [-0.1, -0.05) is 6.42 Å². The molecule has 1 aromatic heterocycles. The summed E-state index contributed by atoms with van der Waals surface area (Å²) in [6, 6.07) is 13.0. The summed E-state index contributed by atoms with van der Waals surface area (Å²) in [4.78, 5) is 27.7. The van der Waals surface area contributed by atoms with Gasteiger partial charge in [0.1, 0.15) is 11.1 Å². The van der Waals surface area contributed by atoms with Crippen LogP contribution in [0.25, 0.3) is 11.0 Å².